The third-order valence-electron chi connectivity index (χ3n) is 2.70. The monoisotopic (exact) mass is 398 g/mol. The number of thiophene rings is 2. The lowest BCUT2D eigenvalue weighted by Crippen LogP contribution is -2.16. The molecule has 0 aliphatic rings. The Hall–Kier alpha value is -1.21. The van der Waals surface area contributed by atoms with Crippen molar-refractivity contribution in [3.8, 4) is 0 Å². The number of hydrazone groups is 1. The highest BCUT2D eigenvalue weighted by Gasteiger charge is 2.16. The second kappa shape index (κ2) is 6.27. The van der Waals surface area contributed by atoms with Gasteiger partial charge >= 0.3 is 0 Å². The van der Waals surface area contributed by atoms with Gasteiger partial charge in [-0.15, -0.1) is 22.7 Å². The first-order valence-corrected chi connectivity index (χ1v) is 8.76. The number of rotatable bonds is 3. The molecule has 106 valence electrons. The number of nitrogens with one attached hydrogen (secondary N) is 1. The average molecular weight is 400 g/mol. The molecule has 1 aromatic carbocycles. The minimum atomic E-state index is -0.301. The van der Waals surface area contributed by atoms with Crippen molar-refractivity contribution >= 4 is 72.4 Å². The average Bonchev–Trinajstić information content (AvgIpc) is 3.07. The number of benzene rings is 1. The van der Waals surface area contributed by atoms with Crippen molar-refractivity contribution in [1.82, 2.24) is 5.43 Å². The van der Waals surface area contributed by atoms with Crippen LogP contribution in [0.15, 0.2) is 45.3 Å². The third-order valence-corrected chi connectivity index (χ3v) is 5.65. The number of amides is 1. The van der Waals surface area contributed by atoms with Crippen LogP contribution in [0.4, 0.5) is 0 Å². The first-order chi connectivity index (χ1) is 10.1. The van der Waals surface area contributed by atoms with Gasteiger partial charge in [0, 0.05) is 19.4 Å². The number of halogens is 2. The third kappa shape index (κ3) is 3.18. The Morgan fingerprint density at radius 2 is 2.24 bits per heavy atom. The molecule has 0 spiro atoms. The van der Waals surface area contributed by atoms with Crippen molar-refractivity contribution in [2.75, 3.05) is 0 Å². The Kier molecular flexibility index (Phi) is 4.40. The summed E-state index contributed by atoms with van der Waals surface area (Å²) in [6.45, 7) is 0. The van der Waals surface area contributed by atoms with Gasteiger partial charge in [-0.2, -0.15) is 5.10 Å². The van der Waals surface area contributed by atoms with E-state index in [9.17, 15) is 4.79 Å². The standard InChI is InChI=1S/C14H8BrClN2OS2/c15-8-3-4-10-11(6-8)21-13(12(10)16)14(19)18-17-7-9-2-1-5-20-9/h1-7H,(H,18,19)/b17-7+. The van der Waals surface area contributed by atoms with E-state index in [1.54, 1.807) is 17.6 Å². The lowest BCUT2D eigenvalue weighted by atomic mass is 10.2. The van der Waals surface area contributed by atoms with E-state index in [0.717, 1.165) is 19.4 Å². The summed E-state index contributed by atoms with van der Waals surface area (Å²) in [6, 6.07) is 9.58. The van der Waals surface area contributed by atoms with Crippen molar-refractivity contribution in [3.05, 3.63) is 55.0 Å². The van der Waals surface area contributed by atoms with Gasteiger partial charge in [-0.25, -0.2) is 5.43 Å². The van der Waals surface area contributed by atoms with Crippen LogP contribution in [0.5, 0.6) is 0 Å². The number of hydrogen-bond donors (Lipinski definition) is 1. The van der Waals surface area contributed by atoms with Gasteiger partial charge in [0.05, 0.1) is 11.2 Å². The van der Waals surface area contributed by atoms with Gasteiger partial charge in [-0.1, -0.05) is 39.7 Å². The van der Waals surface area contributed by atoms with Gasteiger partial charge < -0.3 is 0 Å². The minimum absolute atomic E-state index is 0.301. The maximum absolute atomic E-state index is 12.1. The smallest absolute Gasteiger partial charge is 0.266 e. The SMILES string of the molecule is O=C(N/N=C/c1cccs1)c1sc2cc(Br)ccc2c1Cl. The van der Waals surface area contributed by atoms with E-state index in [1.807, 2.05) is 35.7 Å². The highest BCUT2D eigenvalue weighted by molar-refractivity contribution is 9.10. The predicted octanol–water partition coefficient (Wildman–Crippen LogP) is 5.14. The minimum Gasteiger partial charge on any atom is -0.266 e. The number of nitrogens with zero attached hydrogens (tertiary/aromatic N) is 1. The van der Waals surface area contributed by atoms with Gasteiger partial charge in [0.25, 0.3) is 5.91 Å². The highest BCUT2D eigenvalue weighted by Crippen LogP contribution is 2.36. The van der Waals surface area contributed by atoms with Crippen LogP contribution in [0.3, 0.4) is 0 Å². The molecule has 0 unspecified atom stereocenters. The van der Waals surface area contributed by atoms with E-state index in [2.05, 4.69) is 26.5 Å². The summed E-state index contributed by atoms with van der Waals surface area (Å²) in [6.07, 6.45) is 1.61. The van der Waals surface area contributed by atoms with Crippen molar-refractivity contribution in [2.24, 2.45) is 5.10 Å². The number of carbonyl (C=O) groups is 1. The van der Waals surface area contributed by atoms with Crippen LogP contribution in [0.1, 0.15) is 14.5 Å². The zero-order valence-electron chi connectivity index (χ0n) is 10.5. The lowest BCUT2D eigenvalue weighted by molar-refractivity contribution is 0.0959. The van der Waals surface area contributed by atoms with Gasteiger partial charge in [0.1, 0.15) is 4.88 Å². The molecular weight excluding hydrogens is 392 g/mol. The van der Waals surface area contributed by atoms with E-state index >= 15 is 0 Å². The van der Waals surface area contributed by atoms with E-state index in [-0.39, 0.29) is 5.91 Å². The molecule has 3 aromatic rings. The fourth-order valence-corrected chi connectivity index (χ4v) is 4.30. The molecule has 3 rings (SSSR count). The molecule has 0 fully saturated rings. The molecule has 7 heteroatoms. The molecule has 0 radical (unpaired) electrons. The van der Waals surface area contributed by atoms with Gasteiger partial charge in [0.15, 0.2) is 0 Å². The predicted molar refractivity (Wildman–Crippen MR) is 93.9 cm³/mol. The fourth-order valence-electron chi connectivity index (χ4n) is 1.76. The first kappa shape index (κ1) is 14.7. The van der Waals surface area contributed by atoms with E-state index in [1.165, 1.54) is 11.3 Å². The second-order valence-electron chi connectivity index (χ2n) is 4.10. The van der Waals surface area contributed by atoms with Crippen molar-refractivity contribution in [1.29, 1.82) is 0 Å². The van der Waals surface area contributed by atoms with Crippen LogP contribution in [0, 0.1) is 0 Å². The summed E-state index contributed by atoms with van der Waals surface area (Å²) in [5.74, 6) is -0.301. The molecule has 0 bridgehead atoms. The Bertz CT molecular complexity index is 827. The zero-order chi connectivity index (χ0) is 14.8. The molecule has 0 saturated carbocycles. The van der Waals surface area contributed by atoms with Crippen LogP contribution in [0.2, 0.25) is 5.02 Å². The molecule has 2 heterocycles. The van der Waals surface area contributed by atoms with Gasteiger partial charge in [0.2, 0.25) is 0 Å². The molecule has 2 aromatic heterocycles. The summed E-state index contributed by atoms with van der Waals surface area (Å²) in [5.41, 5.74) is 2.51. The highest BCUT2D eigenvalue weighted by atomic mass is 79.9. The molecule has 3 nitrogen and oxygen atoms in total. The maximum Gasteiger partial charge on any atom is 0.283 e. The fraction of sp³-hybridized carbons (Fsp3) is 0. The summed E-state index contributed by atoms with van der Waals surface area (Å²) >= 11 is 12.6. The molecule has 0 aliphatic heterocycles. The number of fused-ring (bicyclic) bond motifs is 1. The Balaban J connectivity index is 1.83. The summed E-state index contributed by atoms with van der Waals surface area (Å²) in [5, 5.41) is 7.23. The van der Waals surface area contributed by atoms with Gasteiger partial charge in [-0.05, 0) is 23.6 Å². The Labute approximate surface area is 142 Å². The zero-order valence-corrected chi connectivity index (χ0v) is 14.4. The van der Waals surface area contributed by atoms with Crippen LogP contribution in [-0.2, 0) is 0 Å². The quantitative estimate of drug-likeness (QED) is 0.480. The van der Waals surface area contributed by atoms with Crippen LogP contribution in [-0.4, -0.2) is 12.1 Å². The first-order valence-electron chi connectivity index (χ1n) is 5.89. The van der Waals surface area contributed by atoms with E-state index in [4.69, 9.17) is 11.6 Å². The Morgan fingerprint density at radius 1 is 1.38 bits per heavy atom. The van der Waals surface area contributed by atoms with Crippen LogP contribution < -0.4 is 5.43 Å². The molecular formula is C14H8BrClN2OS2. The molecule has 21 heavy (non-hydrogen) atoms. The largest absolute Gasteiger partial charge is 0.283 e. The molecule has 1 amide bonds. The molecule has 0 saturated heterocycles. The maximum atomic E-state index is 12.1. The van der Waals surface area contributed by atoms with Crippen LogP contribution in [0.25, 0.3) is 10.1 Å². The molecule has 1 N–H and O–H groups in total. The van der Waals surface area contributed by atoms with E-state index < -0.39 is 0 Å². The normalized spacial score (nSPS) is 11.3. The van der Waals surface area contributed by atoms with Crippen molar-refractivity contribution in [3.63, 3.8) is 0 Å². The molecule has 0 aliphatic carbocycles. The van der Waals surface area contributed by atoms with Crippen molar-refractivity contribution < 1.29 is 4.79 Å². The second-order valence-corrected chi connectivity index (χ2v) is 7.43. The Morgan fingerprint density at radius 3 is 3.00 bits per heavy atom. The van der Waals surface area contributed by atoms with Crippen molar-refractivity contribution in [2.45, 2.75) is 0 Å². The van der Waals surface area contributed by atoms with E-state index in [0.29, 0.717) is 9.90 Å². The number of carbonyl (C=O) groups excluding carboxylic acids is 1. The molecule has 0 atom stereocenters. The lowest BCUT2D eigenvalue weighted by Gasteiger charge is -1.96. The summed E-state index contributed by atoms with van der Waals surface area (Å²) in [4.78, 5) is 13.6. The van der Waals surface area contributed by atoms with Crippen LogP contribution >= 0.6 is 50.2 Å². The summed E-state index contributed by atoms with van der Waals surface area (Å²) < 4.78 is 1.91. The number of hydrogen-bond acceptors (Lipinski definition) is 4. The topological polar surface area (TPSA) is 41.5 Å². The van der Waals surface area contributed by atoms with Gasteiger partial charge in [-0.3, -0.25) is 4.79 Å². The summed E-state index contributed by atoms with van der Waals surface area (Å²) in [7, 11) is 0.